The highest BCUT2D eigenvalue weighted by molar-refractivity contribution is 7.87. The largest absolute Gasteiger partial charge is 0.409 e. The standard InChI is InChI=1S/C11H23N5O4S/c12-11(13-17)9-15-3-1-10(2-4-15)14-21(18,19)16-5-7-20-8-6-16/h10,14,17H,1-9H2,(H2,12,13). The van der Waals surface area contributed by atoms with Crippen LogP contribution in [0.25, 0.3) is 0 Å². The summed E-state index contributed by atoms with van der Waals surface area (Å²) in [6, 6.07) is -0.0682. The third-order valence-corrected chi connectivity index (χ3v) is 5.40. The first-order valence-electron chi connectivity index (χ1n) is 7.05. The lowest BCUT2D eigenvalue weighted by Crippen LogP contribution is -2.52. The van der Waals surface area contributed by atoms with Crippen molar-refractivity contribution in [1.82, 2.24) is 13.9 Å². The first-order chi connectivity index (χ1) is 10.0. The maximum absolute atomic E-state index is 12.2. The summed E-state index contributed by atoms with van der Waals surface area (Å²) in [5.41, 5.74) is 5.47. The Morgan fingerprint density at radius 2 is 1.90 bits per heavy atom. The molecular weight excluding hydrogens is 298 g/mol. The number of rotatable bonds is 5. The summed E-state index contributed by atoms with van der Waals surface area (Å²) in [6.07, 6.45) is 1.42. The maximum atomic E-state index is 12.2. The van der Waals surface area contributed by atoms with Gasteiger partial charge in [-0.2, -0.15) is 17.4 Å². The second-order valence-electron chi connectivity index (χ2n) is 5.28. The molecule has 2 aliphatic rings. The van der Waals surface area contributed by atoms with Crippen LogP contribution in [0.4, 0.5) is 0 Å². The molecule has 0 aliphatic carbocycles. The van der Waals surface area contributed by atoms with Crippen LogP contribution in [0.5, 0.6) is 0 Å². The Kier molecular flexibility index (Phi) is 5.76. The Hall–Kier alpha value is -0.940. The van der Waals surface area contributed by atoms with E-state index >= 15 is 0 Å². The monoisotopic (exact) mass is 321 g/mol. The quantitative estimate of drug-likeness (QED) is 0.242. The molecule has 2 fully saturated rings. The Labute approximate surface area is 124 Å². The van der Waals surface area contributed by atoms with Crippen LogP contribution in [0.2, 0.25) is 0 Å². The lowest BCUT2D eigenvalue weighted by molar-refractivity contribution is 0.0721. The molecule has 0 aromatic heterocycles. The van der Waals surface area contributed by atoms with Gasteiger partial charge in [0, 0.05) is 32.2 Å². The molecule has 0 bridgehead atoms. The zero-order valence-electron chi connectivity index (χ0n) is 11.9. The molecule has 21 heavy (non-hydrogen) atoms. The topological polar surface area (TPSA) is 120 Å². The van der Waals surface area contributed by atoms with Crippen LogP contribution in [-0.2, 0) is 14.9 Å². The molecule has 122 valence electrons. The number of oxime groups is 1. The van der Waals surface area contributed by atoms with E-state index in [4.69, 9.17) is 15.7 Å². The summed E-state index contributed by atoms with van der Waals surface area (Å²) < 4.78 is 33.8. The minimum absolute atomic E-state index is 0.0682. The van der Waals surface area contributed by atoms with Crippen LogP contribution >= 0.6 is 0 Å². The predicted molar refractivity (Wildman–Crippen MR) is 77.3 cm³/mol. The normalized spacial score (nSPS) is 24.3. The Bertz CT molecular complexity index is 455. The lowest BCUT2D eigenvalue weighted by atomic mass is 10.1. The molecule has 0 aromatic carbocycles. The summed E-state index contributed by atoms with van der Waals surface area (Å²) in [5.74, 6) is 0.169. The minimum Gasteiger partial charge on any atom is -0.409 e. The van der Waals surface area contributed by atoms with Crippen molar-refractivity contribution >= 4 is 16.0 Å². The van der Waals surface area contributed by atoms with Crippen molar-refractivity contribution in [3.8, 4) is 0 Å². The van der Waals surface area contributed by atoms with Crippen LogP contribution in [0, 0.1) is 0 Å². The summed E-state index contributed by atoms with van der Waals surface area (Å²) in [4.78, 5) is 2.04. The van der Waals surface area contributed by atoms with Crippen molar-refractivity contribution < 1.29 is 18.4 Å². The van der Waals surface area contributed by atoms with E-state index in [1.807, 2.05) is 4.90 Å². The predicted octanol–water partition coefficient (Wildman–Crippen LogP) is -1.64. The molecule has 0 amide bonds. The average Bonchev–Trinajstić information content (AvgIpc) is 2.50. The fourth-order valence-electron chi connectivity index (χ4n) is 2.54. The Balaban J connectivity index is 1.80. The van der Waals surface area contributed by atoms with E-state index in [0.29, 0.717) is 58.8 Å². The van der Waals surface area contributed by atoms with Gasteiger partial charge in [0.25, 0.3) is 10.2 Å². The van der Waals surface area contributed by atoms with Crippen LogP contribution in [0.1, 0.15) is 12.8 Å². The van der Waals surface area contributed by atoms with E-state index in [0.717, 1.165) is 0 Å². The molecule has 0 spiro atoms. The number of hydrogen-bond acceptors (Lipinski definition) is 6. The molecule has 2 aliphatic heterocycles. The van der Waals surface area contributed by atoms with Gasteiger partial charge >= 0.3 is 0 Å². The molecule has 2 saturated heterocycles. The molecule has 10 heteroatoms. The van der Waals surface area contributed by atoms with Gasteiger partial charge in [-0.15, -0.1) is 0 Å². The first kappa shape index (κ1) is 16.4. The number of nitrogens with one attached hydrogen (secondary N) is 1. The molecule has 0 unspecified atom stereocenters. The molecule has 4 N–H and O–H groups in total. The van der Waals surface area contributed by atoms with Gasteiger partial charge in [0.15, 0.2) is 5.84 Å². The van der Waals surface area contributed by atoms with E-state index in [1.165, 1.54) is 4.31 Å². The SMILES string of the molecule is NC(CN1CCC(NS(=O)(=O)N2CCOCC2)CC1)=NO. The zero-order chi connectivity index (χ0) is 15.3. The van der Waals surface area contributed by atoms with E-state index in [-0.39, 0.29) is 11.9 Å². The van der Waals surface area contributed by atoms with Gasteiger partial charge in [-0.3, -0.25) is 4.90 Å². The number of likely N-dealkylation sites (tertiary alicyclic amines) is 1. The maximum Gasteiger partial charge on any atom is 0.279 e. The van der Waals surface area contributed by atoms with Gasteiger partial charge in [0.1, 0.15) is 0 Å². The summed E-state index contributed by atoms with van der Waals surface area (Å²) in [6.45, 7) is 3.52. The highest BCUT2D eigenvalue weighted by Crippen LogP contribution is 2.13. The third kappa shape index (κ3) is 4.78. The van der Waals surface area contributed by atoms with Crippen LogP contribution in [0.3, 0.4) is 0 Å². The average molecular weight is 321 g/mol. The molecule has 0 aromatic rings. The Morgan fingerprint density at radius 3 is 2.48 bits per heavy atom. The zero-order valence-corrected chi connectivity index (χ0v) is 12.8. The van der Waals surface area contributed by atoms with Gasteiger partial charge in [-0.05, 0) is 12.8 Å². The van der Waals surface area contributed by atoms with Crippen molar-refractivity contribution in [2.45, 2.75) is 18.9 Å². The van der Waals surface area contributed by atoms with Crippen molar-refractivity contribution in [1.29, 1.82) is 0 Å². The fraction of sp³-hybridized carbons (Fsp3) is 0.909. The molecular formula is C11H23N5O4S. The summed E-state index contributed by atoms with van der Waals surface area (Å²) >= 11 is 0. The van der Waals surface area contributed by atoms with Crippen molar-refractivity contribution in [2.24, 2.45) is 10.9 Å². The van der Waals surface area contributed by atoms with Crippen LogP contribution in [-0.4, -0.2) is 80.6 Å². The Morgan fingerprint density at radius 1 is 1.29 bits per heavy atom. The molecule has 0 radical (unpaired) electrons. The minimum atomic E-state index is -3.43. The third-order valence-electron chi connectivity index (χ3n) is 3.73. The van der Waals surface area contributed by atoms with Gasteiger partial charge in [0.2, 0.25) is 0 Å². The van der Waals surface area contributed by atoms with Gasteiger partial charge in [-0.1, -0.05) is 5.16 Å². The second-order valence-corrected chi connectivity index (χ2v) is 6.98. The number of piperidine rings is 1. The van der Waals surface area contributed by atoms with Crippen molar-refractivity contribution in [2.75, 3.05) is 45.9 Å². The van der Waals surface area contributed by atoms with Crippen LogP contribution in [0.15, 0.2) is 5.16 Å². The van der Waals surface area contributed by atoms with Crippen molar-refractivity contribution in [3.05, 3.63) is 0 Å². The van der Waals surface area contributed by atoms with Gasteiger partial charge in [-0.25, -0.2) is 0 Å². The molecule has 0 saturated carbocycles. The fourth-order valence-corrected chi connectivity index (χ4v) is 3.98. The number of nitrogens with two attached hydrogens (primary N) is 1. The van der Waals surface area contributed by atoms with E-state index < -0.39 is 10.2 Å². The number of nitrogens with zero attached hydrogens (tertiary/aromatic N) is 3. The summed E-state index contributed by atoms with van der Waals surface area (Å²) in [7, 11) is -3.43. The first-order valence-corrected chi connectivity index (χ1v) is 8.49. The highest BCUT2D eigenvalue weighted by Gasteiger charge is 2.29. The second kappa shape index (κ2) is 7.36. The molecule has 2 heterocycles. The van der Waals surface area contributed by atoms with Gasteiger partial charge in [0.05, 0.1) is 19.8 Å². The molecule has 2 rings (SSSR count). The number of morpholine rings is 1. The highest BCUT2D eigenvalue weighted by atomic mass is 32.2. The number of hydrogen-bond donors (Lipinski definition) is 3. The number of ether oxygens (including phenoxy) is 1. The number of amidine groups is 1. The van der Waals surface area contributed by atoms with E-state index in [2.05, 4.69) is 9.88 Å². The van der Waals surface area contributed by atoms with E-state index in [9.17, 15) is 8.42 Å². The van der Waals surface area contributed by atoms with E-state index in [1.54, 1.807) is 0 Å². The molecule has 0 atom stereocenters. The van der Waals surface area contributed by atoms with Crippen LogP contribution < -0.4 is 10.5 Å². The summed E-state index contributed by atoms with van der Waals surface area (Å²) in [5, 5.41) is 11.5. The van der Waals surface area contributed by atoms with Gasteiger partial charge < -0.3 is 15.7 Å². The lowest BCUT2D eigenvalue weighted by Gasteiger charge is -2.33. The van der Waals surface area contributed by atoms with Crippen molar-refractivity contribution in [3.63, 3.8) is 0 Å². The smallest absolute Gasteiger partial charge is 0.279 e. The molecule has 9 nitrogen and oxygen atoms in total.